The van der Waals surface area contributed by atoms with E-state index in [2.05, 4.69) is 13.2 Å². The Hall–Kier alpha value is -0.620. The Labute approximate surface area is 105 Å². The smallest absolute Gasteiger partial charge is 0.206 e. The quantitative estimate of drug-likeness (QED) is 0.750. The first-order valence-electron chi connectivity index (χ1n) is 4.49. The van der Waals surface area contributed by atoms with Crippen molar-refractivity contribution >= 4 is 33.0 Å². The monoisotopic (exact) mass is 277 g/mol. The zero-order valence-electron chi connectivity index (χ0n) is 8.60. The van der Waals surface area contributed by atoms with E-state index in [-0.39, 0.29) is 17.3 Å². The highest BCUT2D eigenvalue weighted by Gasteiger charge is 2.23. The van der Waals surface area contributed by atoms with Crippen LogP contribution in [-0.4, -0.2) is 25.8 Å². The molecule has 0 N–H and O–H groups in total. The molecule has 0 amide bonds. The van der Waals surface area contributed by atoms with Gasteiger partial charge in [0.2, 0.25) is 0 Å². The number of sulfonamides is 1. The molecule has 0 saturated heterocycles. The van der Waals surface area contributed by atoms with E-state index in [1.165, 1.54) is 22.5 Å². The lowest BCUT2D eigenvalue weighted by atomic mass is 10.5. The van der Waals surface area contributed by atoms with Crippen LogP contribution in [0.1, 0.15) is 0 Å². The van der Waals surface area contributed by atoms with Gasteiger partial charge in [0.1, 0.15) is 4.21 Å². The predicted molar refractivity (Wildman–Crippen MR) is 68.5 cm³/mol. The highest BCUT2D eigenvalue weighted by atomic mass is 35.5. The fourth-order valence-corrected chi connectivity index (χ4v) is 4.14. The summed E-state index contributed by atoms with van der Waals surface area (Å²) in [5.74, 6) is 0. The summed E-state index contributed by atoms with van der Waals surface area (Å²) < 4.78 is 26.2. The average Bonchev–Trinajstić information content (AvgIpc) is 2.65. The Morgan fingerprint density at radius 1 is 1.31 bits per heavy atom. The van der Waals surface area contributed by atoms with Gasteiger partial charge in [-0.05, 0) is 12.1 Å². The van der Waals surface area contributed by atoms with E-state index >= 15 is 0 Å². The van der Waals surface area contributed by atoms with E-state index in [1.54, 1.807) is 6.07 Å². The number of rotatable bonds is 6. The summed E-state index contributed by atoms with van der Waals surface area (Å²) in [7, 11) is -3.48. The van der Waals surface area contributed by atoms with E-state index < -0.39 is 10.0 Å². The molecule has 0 aliphatic carbocycles. The van der Waals surface area contributed by atoms with Gasteiger partial charge in [-0.15, -0.1) is 24.5 Å². The van der Waals surface area contributed by atoms with Crippen LogP contribution in [0, 0.1) is 0 Å². The summed E-state index contributed by atoms with van der Waals surface area (Å²) in [6.07, 6.45) is 3.08. The Bertz CT molecular complexity index is 469. The van der Waals surface area contributed by atoms with Crippen LogP contribution >= 0.6 is 22.9 Å². The molecular weight excluding hydrogens is 266 g/mol. The summed E-state index contributed by atoms with van der Waals surface area (Å²) in [6.45, 7) is 7.57. The zero-order valence-corrected chi connectivity index (χ0v) is 11.0. The SMILES string of the molecule is C=CCN(CC=C)S(=O)(=O)c1ccc(Cl)s1. The fraction of sp³-hybridized carbons (Fsp3) is 0.200. The van der Waals surface area contributed by atoms with Crippen molar-refractivity contribution in [1.82, 2.24) is 4.31 Å². The van der Waals surface area contributed by atoms with Crippen molar-refractivity contribution in [3.05, 3.63) is 41.8 Å². The van der Waals surface area contributed by atoms with Gasteiger partial charge in [0.05, 0.1) is 4.34 Å². The maximum atomic E-state index is 12.1. The largest absolute Gasteiger partial charge is 0.253 e. The third-order valence-corrected chi connectivity index (χ3v) is 5.34. The molecular formula is C10H12ClNO2S2. The molecule has 3 nitrogen and oxygen atoms in total. The van der Waals surface area contributed by atoms with Crippen LogP contribution in [0.3, 0.4) is 0 Å². The van der Waals surface area contributed by atoms with Gasteiger partial charge in [-0.25, -0.2) is 8.42 Å². The Kier molecular flexibility index (Phi) is 4.73. The molecule has 1 heterocycles. The second-order valence-electron chi connectivity index (χ2n) is 2.96. The minimum Gasteiger partial charge on any atom is -0.206 e. The lowest BCUT2D eigenvalue weighted by Crippen LogP contribution is -2.30. The third kappa shape index (κ3) is 2.95. The van der Waals surface area contributed by atoms with Gasteiger partial charge in [-0.1, -0.05) is 23.8 Å². The molecule has 0 fully saturated rings. The van der Waals surface area contributed by atoms with Crippen LogP contribution in [0.4, 0.5) is 0 Å². The molecule has 88 valence electrons. The van der Waals surface area contributed by atoms with Crippen molar-refractivity contribution in [2.45, 2.75) is 4.21 Å². The molecule has 0 aromatic carbocycles. The molecule has 0 radical (unpaired) electrons. The maximum absolute atomic E-state index is 12.1. The van der Waals surface area contributed by atoms with Gasteiger partial charge in [0.25, 0.3) is 10.0 Å². The number of halogens is 1. The van der Waals surface area contributed by atoms with Crippen molar-refractivity contribution in [3.8, 4) is 0 Å². The third-order valence-electron chi connectivity index (χ3n) is 1.81. The van der Waals surface area contributed by atoms with Crippen LogP contribution in [-0.2, 0) is 10.0 Å². The lowest BCUT2D eigenvalue weighted by Gasteiger charge is -2.17. The number of hydrogen-bond acceptors (Lipinski definition) is 3. The van der Waals surface area contributed by atoms with Gasteiger partial charge >= 0.3 is 0 Å². The standard InChI is InChI=1S/C10H12ClNO2S2/c1-3-7-12(8-4-2)16(13,14)10-6-5-9(11)15-10/h3-6H,1-2,7-8H2. The minimum absolute atomic E-state index is 0.237. The minimum atomic E-state index is -3.48. The van der Waals surface area contributed by atoms with Gasteiger partial charge in [-0.3, -0.25) is 0 Å². The van der Waals surface area contributed by atoms with Crippen molar-refractivity contribution in [2.24, 2.45) is 0 Å². The molecule has 0 saturated carbocycles. The van der Waals surface area contributed by atoms with Crippen molar-refractivity contribution in [1.29, 1.82) is 0 Å². The summed E-state index contributed by atoms with van der Waals surface area (Å²) >= 11 is 6.76. The fourth-order valence-electron chi connectivity index (χ4n) is 1.12. The highest BCUT2D eigenvalue weighted by Crippen LogP contribution is 2.27. The van der Waals surface area contributed by atoms with Crippen LogP contribution in [0.2, 0.25) is 4.34 Å². The van der Waals surface area contributed by atoms with E-state index in [0.717, 1.165) is 11.3 Å². The molecule has 0 aliphatic heterocycles. The van der Waals surface area contributed by atoms with Gasteiger partial charge in [0, 0.05) is 13.1 Å². The van der Waals surface area contributed by atoms with Crippen LogP contribution < -0.4 is 0 Å². The molecule has 0 atom stereocenters. The van der Waals surface area contributed by atoms with E-state index in [0.29, 0.717) is 4.34 Å². The molecule has 1 aromatic rings. The Morgan fingerprint density at radius 3 is 2.25 bits per heavy atom. The summed E-state index contributed by atoms with van der Waals surface area (Å²) in [5.41, 5.74) is 0. The van der Waals surface area contributed by atoms with Gasteiger partial charge < -0.3 is 0 Å². The molecule has 0 bridgehead atoms. The Balaban J connectivity index is 3.06. The first-order valence-corrected chi connectivity index (χ1v) is 7.13. The molecule has 0 spiro atoms. The predicted octanol–water partition coefficient (Wildman–Crippen LogP) is 2.76. The first kappa shape index (κ1) is 13.4. The number of nitrogens with zero attached hydrogens (tertiary/aromatic N) is 1. The first-order chi connectivity index (χ1) is 7.52. The summed E-state index contributed by atoms with van der Waals surface area (Å²) in [6, 6.07) is 3.07. The van der Waals surface area contributed by atoms with E-state index in [1.807, 2.05) is 0 Å². The normalized spacial score (nSPS) is 11.6. The zero-order chi connectivity index (χ0) is 12.2. The average molecular weight is 278 g/mol. The summed E-state index contributed by atoms with van der Waals surface area (Å²) in [5, 5.41) is 0. The second kappa shape index (κ2) is 5.63. The van der Waals surface area contributed by atoms with Crippen molar-refractivity contribution in [3.63, 3.8) is 0 Å². The van der Waals surface area contributed by atoms with Crippen LogP contribution in [0.15, 0.2) is 41.7 Å². The van der Waals surface area contributed by atoms with Crippen LogP contribution in [0.25, 0.3) is 0 Å². The topological polar surface area (TPSA) is 37.4 Å². The summed E-state index contributed by atoms with van der Waals surface area (Å²) in [4.78, 5) is 0. The van der Waals surface area contributed by atoms with Crippen molar-refractivity contribution in [2.75, 3.05) is 13.1 Å². The van der Waals surface area contributed by atoms with Crippen LogP contribution in [0.5, 0.6) is 0 Å². The molecule has 16 heavy (non-hydrogen) atoms. The number of thiophene rings is 1. The molecule has 0 unspecified atom stereocenters. The molecule has 1 aromatic heterocycles. The van der Waals surface area contributed by atoms with Crippen molar-refractivity contribution < 1.29 is 8.42 Å². The number of hydrogen-bond donors (Lipinski definition) is 0. The van der Waals surface area contributed by atoms with Gasteiger partial charge in [0.15, 0.2) is 0 Å². The molecule has 6 heteroatoms. The molecule has 0 aliphatic rings. The second-order valence-corrected chi connectivity index (χ2v) is 6.84. The van der Waals surface area contributed by atoms with E-state index in [4.69, 9.17) is 11.6 Å². The Morgan fingerprint density at radius 2 is 1.88 bits per heavy atom. The van der Waals surface area contributed by atoms with E-state index in [9.17, 15) is 8.42 Å². The highest BCUT2D eigenvalue weighted by molar-refractivity contribution is 7.91. The lowest BCUT2D eigenvalue weighted by molar-refractivity contribution is 0.476. The molecule has 1 rings (SSSR count). The van der Waals surface area contributed by atoms with Gasteiger partial charge in [-0.2, -0.15) is 4.31 Å². The maximum Gasteiger partial charge on any atom is 0.253 e.